The fourth-order valence-electron chi connectivity index (χ4n) is 3.02. The van der Waals surface area contributed by atoms with Gasteiger partial charge in [-0.1, -0.05) is 67.0 Å². The van der Waals surface area contributed by atoms with Crippen LogP contribution in [0.1, 0.15) is 49.2 Å². The second-order valence-electron chi connectivity index (χ2n) is 7.15. The van der Waals surface area contributed by atoms with Crippen molar-refractivity contribution in [3.8, 4) is 5.75 Å². The third kappa shape index (κ3) is 5.47. The zero-order valence-electron chi connectivity index (χ0n) is 17.1. The zero-order valence-corrected chi connectivity index (χ0v) is 19.4. The third-order valence-electron chi connectivity index (χ3n) is 4.63. The Morgan fingerprint density at radius 2 is 1.90 bits per heavy atom. The molecular formula is C22H25Cl2N3OS. The Labute approximate surface area is 186 Å². The standard InChI is InChI=1S/C22H25Cl2N3OS/c1-5-27-21(12-28-20-10-15(4)6-9-18(20)14(2)3)25-26-22(27)29-13-16-7-8-17(23)11-19(16)24/h6-11,14H,5,12-13H2,1-4H3. The fraction of sp³-hybridized carbons (Fsp3) is 0.364. The number of hydrogen-bond donors (Lipinski definition) is 0. The smallest absolute Gasteiger partial charge is 0.191 e. The molecule has 0 saturated heterocycles. The molecule has 0 aliphatic rings. The quantitative estimate of drug-likeness (QED) is 0.350. The summed E-state index contributed by atoms with van der Waals surface area (Å²) < 4.78 is 8.23. The molecule has 0 N–H and O–H groups in total. The van der Waals surface area contributed by atoms with Crippen molar-refractivity contribution in [3.63, 3.8) is 0 Å². The number of halogens is 2. The first-order chi connectivity index (χ1) is 13.9. The predicted molar refractivity (Wildman–Crippen MR) is 121 cm³/mol. The van der Waals surface area contributed by atoms with Gasteiger partial charge in [0.1, 0.15) is 12.4 Å². The highest BCUT2D eigenvalue weighted by atomic mass is 35.5. The van der Waals surface area contributed by atoms with Gasteiger partial charge in [0.25, 0.3) is 0 Å². The lowest BCUT2D eigenvalue weighted by Crippen LogP contribution is -2.08. The summed E-state index contributed by atoms with van der Waals surface area (Å²) in [5.41, 5.74) is 3.40. The molecule has 0 bridgehead atoms. The van der Waals surface area contributed by atoms with E-state index < -0.39 is 0 Å². The van der Waals surface area contributed by atoms with Crippen LogP contribution in [0.4, 0.5) is 0 Å². The van der Waals surface area contributed by atoms with Crippen molar-refractivity contribution in [2.24, 2.45) is 0 Å². The maximum absolute atomic E-state index is 6.28. The summed E-state index contributed by atoms with van der Waals surface area (Å²) in [7, 11) is 0. The lowest BCUT2D eigenvalue weighted by molar-refractivity contribution is 0.284. The van der Waals surface area contributed by atoms with Gasteiger partial charge >= 0.3 is 0 Å². The summed E-state index contributed by atoms with van der Waals surface area (Å²) in [4.78, 5) is 0. The molecule has 0 radical (unpaired) electrons. The molecule has 0 amide bonds. The van der Waals surface area contributed by atoms with Crippen molar-refractivity contribution in [3.05, 3.63) is 69.0 Å². The van der Waals surface area contributed by atoms with Crippen LogP contribution >= 0.6 is 35.0 Å². The Morgan fingerprint density at radius 1 is 1.10 bits per heavy atom. The van der Waals surface area contributed by atoms with Crippen LogP contribution in [0.15, 0.2) is 41.6 Å². The first-order valence-electron chi connectivity index (χ1n) is 9.61. The molecule has 2 aromatic carbocycles. The maximum Gasteiger partial charge on any atom is 0.191 e. The van der Waals surface area contributed by atoms with Gasteiger partial charge in [-0.05, 0) is 54.7 Å². The van der Waals surface area contributed by atoms with Gasteiger partial charge < -0.3 is 9.30 Å². The molecule has 154 valence electrons. The number of nitrogens with zero attached hydrogens (tertiary/aromatic N) is 3. The molecule has 0 atom stereocenters. The first kappa shape index (κ1) is 22.0. The molecule has 0 aliphatic carbocycles. The van der Waals surface area contributed by atoms with E-state index in [-0.39, 0.29) is 0 Å². The van der Waals surface area contributed by atoms with Crippen molar-refractivity contribution in [2.45, 2.75) is 57.7 Å². The van der Waals surface area contributed by atoms with E-state index in [2.05, 4.69) is 60.7 Å². The predicted octanol–water partition coefficient (Wildman–Crippen LogP) is 6.91. The lowest BCUT2D eigenvalue weighted by atomic mass is 10.0. The minimum Gasteiger partial charge on any atom is -0.485 e. The van der Waals surface area contributed by atoms with Gasteiger partial charge in [0, 0.05) is 22.3 Å². The molecule has 7 heteroatoms. The number of ether oxygens (including phenoxy) is 1. The van der Waals surface area contributed by atoms with Crippen molar-refractivity contribution < 1.29 is 4.74 Å². The number of thioether (sulfide) groups is 1. The van der Waals surface area contributed by atoms with Crippen LogP contribution in [0.5, 0.6) is 5.75 Å². The van der Waals surface area contributed by atoms with Crippen LogP contribution in [0.3, 0.4) is 0 Å². The summed E-state index contributed by atoms with van der Waals surface area (Å²) in [5, 5.41) is 10.9. The largest absolute Gasteiger partial charge is 0.485 e. The molecule has 1 heterocycles. The Bertz CT molecular complexity index is 988. The molecule has 0 unspecified atom stereocenters. The molecule has 0 saturated carbocycles. The second-order valence-corrected chi connectivity index (χ2v) is 8.94. The maximum atomic E-state index is 6.28. The first-order valence-corrected chi connectivity index (χ1v) is 11.3. The number of aryl methyl sites for hydroxylation is 1. The third-order valence-corrected chi connectivity index (χ3v) is 6.23. The molecule has 3 rings (SSSR count). The number of hydrogen-bond acceptors (Lipinski definition) is 4. The molecule has 0 spiro atoms. The highest BCUT2D eigenvalue weighted by molar-refractivity contribution is 7.98. The van der Waals surface area contributed by atoms with Crippen LogP contribution in [0.25, 0.3) is 0 Å². The summed E-state index contributed by atoms with van der Waals surface area (Å²) in [6.45, 7) is 9.64. The minimum atomic E-state index is 0.381. The normalized spacial score (nSPS) is 11.3. The molecule has 0 aliphatic heterocycles. The molecule has 29 heavy (non-hydrogen) atoms. The topological polar surface area (TPSA) is 39.9 Å². The highest BCUT2D eigenvalue weighted by Crippen LogP contribution is 2.30. The average molecular weight is 450 g/mol. The highest BCUT2D eigenvalue weighted by Gasteiger charge is 2.15. The van der Waals surface area contributed by atoms with Crippen molar-refractivity contribution in [1.29, 1.82) is 0 Å². The van der Waals surface area contributed by atoms with Gasteiger partial charge in [-0.2, -0.15) is 0 Å². The SMILES string of the molecule is CCn1c(COc2cc(C)ccc2C(C)C)nnc1SCc1ccc(Cl)cc1Cl. The summed E-state index contributed by atoms with van der Waals surface area (Å²) >= 11 is 13.9. The Kier molecular flexibility index (Phi) is 7.49. The Hall–Kier alpha value is -1.69. The fourth-order valence-corrected chi connectivity index (χ4v) is 4.60. The summed E-state index contributed by atoms with van der Waals surface area (Å²) in [5.74, 6) is 2.82. The van der Waals surface area contributed by atoms with Gasteiger partial charge in [-0.3, -0.25) is 0 Å². The van der Waals surface area contributed by atoms with E-state index >= 15 is 0 Å². The second kappa shape index (κ2) is 9.88. The van der Waals surface area contributed by atoms with Gasteiger partial charge in [-0.15, -0.1) is 10.2 Å². The molecular weight excluding hydrogens is 425 g/mol. The van der Waals surface area contributed by atoms with Crippen LogP contribution in [-0.4, -0.2) is 14.8 Å². The van der Waals surface area contributed by atoms with E-state index in [0.29, 0.717) is 28.3 Å². The van der Waals surface area contributed by atoms with E-state index in [1.807, 2.05) is 12.1 Å². The van der Waals surface area contributed by atoms with Gasteiger partial charge in [-0.25, -0.2) is 0 Å². The van der Waals surface area contributed by atoms with E-state index in [0.717, 1.165) is 28.8 Å². The number of aromatic nitrogens is 3. The van der Waals surface area contributed by atoms with E-state index in [4.69, 9.17) is 27.9 Å². The summed E-state index contributed by atoms with van der Waals surface area (Å²) in [6, 6.07) is 11.9. The van der Waals surface area contributed by atoms with Gasteiger partial charge in [0.2, 0.25) is 0 Å². The van der Waals surface area contributed by atoms with Crippen molar-refractivity contribution in [1.82, 2.24) is 14.8 Å². The Morgan fingerprint density at radius 3 is 2.59 bits per heavy atom. The van der Waals surface area contributed by atoms with Crippen LogP contribution < -0.4 is 4.74 Å². The summed E-state index contributed by atoms with van der Waals surface area (Å²) in [6.07, 6.45) is 0. The lowest BCUT2D eigenvalue weighted by Gasteiger charge is -2.15. The van der Waals surface area contributed by atoms with Crippen LogP contribution in [0, 0.1) is 6.92 Å². The van der Waals surface area contributed by atoms with Crippen molar-refractivity contribution in [2.75, 3.05) is 0 Å². The monoisotopic (exact) mass is 449 g/mol. The zero-order chi connectivity index (χ0) is 21.0. The van der Waals surface area contributed by atoms with Gasteiger partial charge in [0.15, 0.2) is 11.0 Å². The number of rotatable bonds is 8. The molecule has 1 aromatic heterocycles. The molecule has 0 fully saturated rings. The van der Waals surface area contributed by atoms with E-state index in [1.54, 1.807) is 17.8 Å². The van der Waals surface area contributed by atoms with Crippen LogP contribution in [0.2, 0.25) is 10.0 Å². The molecule has 3 aromatic rings. The van der Waals surface area contributed by atoms with E-state index in [1.165, 1.54) is 11.1 Å². The minimum absolute atomic E-state index is 0.381. The average Bonchev–Trinajstić information content (AvgIpc) is 3.07. The van der Waals surface area contributed by atoms with Gasteiger partial charge in [0.05, 0.1) is 0 Å². The Balaban J connectivity index is 1.72. The molecule has 4 nitrogen and oxygen atoms in total. The van der Waals surface area contributed by atoms with Crippen molar-refractivity contribution >= 4 is 35.0 Å². The number of benzene rings is 2. The van der Waals surface area contributed by atoms with Crippen LogP contribution in [-0.2, 0) is 18.9 Å². The van der Waals surface area contributed by atoms with E-state index in [9.17, 15) is 0 Å².